The molecule has 0 aromatic heterocycles. The van der Waals surface area contributed by atoms with Gasteiger partial charge in [-0.15, -0.1) is 0 Å². The second-order valence-electron chi connectivity index (χ2n) is 12.5. The predicted octanol–water partition coefficient (Wildman–Crippen LogP) is 7.49. The lowest BCUT2D eigenvalue weighted by molar-refractivity contribution is -0.120. The van der Waals surface area contributed by atoms with E-state index in [1.54, 1.807) is 54.6 Å². The fourth-order valence-electron chi connectivity index (χ4n) is 6.38. The number of hydrogen-bond donors (Lipinski definition) is 2. The molecule has 2 N–H and O–H groups in total. The van der Waals surface area contributed by atoms with Crippen LogP contribution in [0.4, 0.5) is 14.9 Å². The Labute approximate surface area is 308 Å². The molecular formula is C42H32FN3O6S. The van der Waals surface area contributed by atoms with Gasteiger partial charge in [0.25, 0.3) is 17.1 Å². The molecule has 7 rings (SSSR count). The first kappa shape index (κ1) is 35.2. The molecule has 2 saturated heterocycles. The predicted molar refractivity (Wildman–Crippen MR) is 200 cm³/mol. The quantitative estimate of drug-likeness (QED) is 0.113. The fourth-order valence-corrected chi connectivity index (χ4v) is 7.07. The summed E-state index contributed by atoms with van der Waals surface area (Å²) >= 11 is 0.812. The van der Waals surface area contributed by atoms with E-state index in [-0.39, 0.29) is 41.2 Å². The Morgan fingerprint density at radius 3 is 2.23 bits per heavy atom. The largest absolute Gasteiger partial charge is 0.372 e. The number of anilines is 1. The molecule has 0 saturated carbocycles. The summed E-state index contributed by atoms with van der Waals surface area (Å²) in [5.74, 6) is -2.37. The van der Waals surface area contributed by atoms with Gasteiger partial charge in [0.15, 0.2) is 5.78 Å². The molecule has 9 nitrogen and oxygen atoms in total. The van der Waals surface area contributed by atoms with Crippen LogP contribution < -0.4 is 10.6 Å². The first-order chi connectivity index (χ1) is 25.7. The molecule has 0 spiro atoms. The van der Waals surface area contributed by atoms with Crippen molar-refractivity contribution in [2.24, 2.45) is 0 Å². The van der Waals surface area contributed by atoms with Crippen LogP contribution >= 0.6 is 11.8 Å². The van der Waals surface area contributed by atoms with E-state index >= 15 is 0 Å². The number of likely N-dealkylation sites (tertiary alicyclic amines) is 1. The van der Waals surface area contributed by atoms with Crippen molar-refractivity contribution in [2.45, 2.75) is 25.2 Å². The first-order valence-electron chi connectivity index (χ1n) is 16.8. The van der Waals surface area contributed by atoms with Crippen LogP contribution in [0.2, 0.25) is 0 Å². The van der Waals surface area contributed by atoms with E-state index in [2.05, 4.69) is 10.6 Å². The Morgan fingerprint density at radius 1 is 0.830 bits per heavy atom. The van der Waals surface area contributed by atoms with Crippen LogP contribution in [0, 0.1) is 5.82 Å². The summed E-state index contributed by atoms with van der Waals surface area (Å²) in [6.07, 6.45) is 1.27. The summed E-state index contributed by atoms with van der Waals surface area (Å²) in [6.45, 7) is 0.332. The van der Waals surface area contributed by atoms with E-state index < -0.39 is 46.7 Å². The Morgan fingerprint density at radius 2 is 1.51 bits per heavy atom. The number of nitrogens with zero attached hydrogens (tertiary/aromatic N) is 1. The highest BCUT2D eigenvalue weighted by Crippen LogP contribution is 2.30. The van der Waals surface area contributed by atoms with Gasteiger partial charge in [0.2, 0.25) is 5.91 Å². The summed E-state index contributed by atoms with van der Waals surface area (Å²) in [7, 11) is 0. The van der Waals surface area contributed by atoms with Crippen LogP contribution in [0.15, 0.2) is 132 Å². The first-order valence-corrected chi connectivity index (χ1v) is 17.7. The minimum absolute atomic E-state index is 0.0917. The van der Waals surface area contributed by atoms with Gasteiger partial charge in [-0.1, -0.05) is 84.9 Å². The molecule has 4 amide bonds. The topological polar surface area (TPSA) is 122 Å². The van der Waals surface area contributed by atoms with E-state index in [9.17, 15) is 28.4 Å². The maximum atomic E-state index is 14.4. The van der Waals surface area contributed by atoms with Gasteiger partial charge in [-0.05, 0) is 82.6 Å². The molecule has 0 aliphatic carbocycles. The monoisotopic (exact) mass is 725 g/mol. The number of ether oxygens (including phenoxy) is 1. The molecule has 2 fully saturated rings. The molecule has 2 heterocycles. The number of amides is 4. The second kappa shape index (κ2) is 15.6. The molecule has 264 valence electrons. The molecule has 0 radical (unpaired) electrons. The molecule has 2 aliphatic rings. The summed E-state index contributed by atoms with van der Waals surface area (Å²) in [5.41, 5.74) is 4.57. The van der Waals surface area contributed by atoms with E-state index in [0.29, 0.717) is 11.3 Å². The zero-order valence-electron chi connectivity index (χ0n) is 28.2. The van der Waals surface area contributed by atoms with E-state index in [0.717, 1.165) is 28.5 Å². The molecule has 2 atom stereocenters. The molecule has 5 aromatic carbocycles. The Hall–Kier alpha value is -6.17. The van der Waals surface area contributed by atoms with Crippen LogP contribution in [0.3, 0.4) is 0 Å². The number of rotatable bonds is 10. The third kappa shape index (κ3) is 8.01. The van der Waals surface area contributed by atoms with Gasteiger partial charge in [0.05, 0.1) is 23.2 Å². The van der Waals surface area contributed by atoms with Gasteiger partial charge < -0.3 is 15.0 Å². The third-order valence-electron chi connectivity index (χ3n) is 9.03. The number of hydrogen-bond acceptors (Lipinski definition) is 7. The Balaban J connectivity index is 1.13. The van der Waals surface area contributed by atoms with Gasteiger partial charge >= 0.3 is 0 Å². The highest BCUT2D eigenvalue weighted by Gasteiger charge is 2.41. The summed E-state index contributed by atoms with van der Waals surface area (Å²) in [6, 6.07) is 35.1. The standard InChI is InChI=1S/C42H32FN3O6S/c43-30-18-16-28(17-19-30)38(47)34-12-6-7-13-35(34)41(50)46-24-32(52-25-29-10-4-5-11-33(29)27-8-2-1-3-9-27)23-36(46)39(48)44-31-20-14-26(15-21-31)22-37-40(49)45-42(51)53-37/h1-22,32,36H,23-25H2,(H,44,48)(H,45,49,51)/t32-,36+/m1/s1. The van der Waals surface area contributed by atoms with Gasteiger partial charge in [0, 0.05) is 29.8 Å². The van der Waals surface area contributed by atoms with Crippen molar-refractivity contribution < 1.29 is 33.1 Å². The van der Waals surface area contributed by atoms with Crippen LogP contribution in [-0.2, 0) is 20.9 Å². The van der Waals surface area contributed by atoms with Gasteiger partial charge in [-0.2, -0.15) is 0 Å². The third-order valence-corrected chi connectivity index (χ3v) is 9.84. The molecule has 53 heavy (non-hydrogen) atoms. The average Bonchev–Trinajstić information content (AvgIpc) is 3.76. The SMILES string of the molecule is O=C1NC(=O)C(=Cc2ccc(NC(=O)[C@@H]3C[C@@H](OCc4ccccc4-c4ccccc4)CN3C(=O)c3ccccc3C(=O)c3ccc(F)cc3)cc2)S1. The van der Waals surface area contributed by atoms with E-state index in [1.807, 2.05) is 54.6 Å². The van der Waals surface area contributed by atoms with Gasteiger partial charge in [0.1, 0.15) is 11.9 Å². The lowest BCUT2D eigenvalue weighted by Gasteiger charge is -2.24. The highest BCUT2D eigenvalue weighted by molar-refractivity contribution is 8.18. The number of halogens is 1. The maximum Gasteiger partial charge on any atom is 0.290 e. The fraction of sp³-hybridized carbons (Fsp3) is 0.119. The van der Waals surface area contributed by atoms with Crippen molar-refractivity contribution in [3.05, 3.63) is 166 Å². The number of carbonyl (C=O) groups excluding carboxylic acids is 5. The van der Waals surface area contributed by atoms with Crippen molar-refractivity contribution in [1.82, 2.24) is 10.2 Å². The molecule has 0 unspecified atom stereocenters. The van der Waals surface area contributed by atoms with Gasteiger partial charge in [-0.25, -0.2) is 4.39 Å². The van der Waals surface area contributed by atoms with Crippen molar-refractivity contribution in [2.75, 3.05) is 11.9 Å². The number of nitrogens with one attached hydrogen (secondary N) is 2. The van der Waals surface area contributed by atoms with Crippen LogP contribution in [-0.4, -0.2) is 52.3 Å². The van der Waals surface area contributed by atoms with Crippen LogP contribution in [0.25, 0.3) is 17.2 Å². The van der Waals surface area contributed by atoms with E-state index in [1.165, 1.54) is 29.2 Å². The van der Waals surface area contributed by atoms with Gasteiger partial charge in [-0.3, -0.25) is 29.3 Å². The minimum Gasteiger partial charge on any atom is -0.372 e. The highest BCUT2D eigenvalue weighted by atomic mass is 32.2. The lowest BCUT2D eigenvalue weighted by atomic mass is 9.97. The smallest absolute Gasteiger partial charge is 0.290 e. The van der Waals surface area contributed by atoms with Crippen LogP contribution in [0.1, 0.15) is 43.8 Å². The molecule has 2 aliphatic heterocycles. The van der Waals surface area contributed by atoms with Crippen LogP contribution in [0.5, 0.6) is 0 Å². The summed E-state index contributed by atoms with van der Waals surface area (Å²) in [4.78, 5) is 67.1. The number of thioether (sulfide) groups is 1. The Bertz CT molecular complexity index is 2240. The summed E-state index contributed by atoms with van der Waals surface area (Å²) < 4.78 is 20.0. The molecule has 5 aromatic rings. The summed E-state index contributed by atoms with van der Waals surface area (Å²) in [5, 5.41) is 4.68. The lowest BCUT2D eigenvalue weighted by Crippen LogP contribution is -2.43. The Kier molecular flexibility index (Phi) is 10.4. The zero-order chi connectivity index (χ0) is 36.9. The van der Waals surface area contributed by atoms with Crippen molar-refractivity contribution >= 4 is 52.3 Å². The minimum atomic E-state index is -0.947. The molecule has 0 bridgehead atoms. The van der Waals surface area contributed by atoms with Crippen molar-refractivity contribution in [3.63, 3.8) is 0 Å². The normalized spacial score (nSPS) is 17.5. The molecule has 11 heteroatoms. The van der Waals surface area contributed by atoms with E-state index in [4.69, 9.17) is 4.74 Å². The number of ketones is 1. The number of imide groups is 1. The zero-order valence-corrected chi connectivity index (χ0v) is 29.0. The molecular weight excluding hydrogens is 694 g/mol. The number of carbonyl (C=O) groups is 5. The van der Waals surface area contributed by atoms with Crippen molar-refractivity contribution in [1.29, 1.82) is 0 Å². The van der Waals surface area contributed by atoms with Crippen molar-refractivity contribution in [3.8, 4) is 11.1 Å². The number of benzene rings is 5. The maximum absolute atomic E-state index is 14.4. The second-order valence-corrected chi connectivity index (χ2v) is 13.5. The average molecular weight is 726 g/mol.